The summed E-state index contributed by atoms with van der Waals surface area (Å²) in [5.74, 6) is -0.489. The molecule has 0 atom stereocenters. The Bertz CT molecular complexity index is 638. The molecule has 0 unspecified atom stereocenters. The number of nitrogens with zero attached hydrogens (tertiary/aromatic N) is 2. The number of carbonyl (C=O) groups excluding carboxylic acids is 1. The fourth-order valence-corrected chi connectivity index (χ4v) is 3.00. The van der Waals surface area contributed by atoms with Crippen LogP contribution < -0.4 is 10.2 Å². The van der Waals surface area contributed by atoms with Gasteiger partial charge in [0.1, 0.15) is 0 Å². The molecular weight excluding hydrogens is 314 g/mol. The minimum absolute atomic E-state index is 0.0578. The van der Waals surface area contributed by atoms with Crippen molar-refractivity contribution in [3.8, 4) is 0 Å². The molecule has 0 radical (unpaired) electrons. The summed E-state index contributed by atoms with van der Waals surface area (Å²) in [6, 6.07) is 5.85. The monoisotopic (exact) mass is 341 g/mol. The van der Waals surface area contributed by atoms with Crippen molar-refractivity contribution < 1.29 is 13.2 Å². The van der Waals surface area contributed by atoms with Crippen molar-refractivity contribution in [1.82, 2.24) is 4.31 Å². The highest BCUT2D eigenvalue weighted by Gasteiger charge is 2.16. The van der Waals surface area contributed by atoms with E-state index in [0.717, 1.165) is 28.6 Å². The third-order valence-electron chi connectivity index (χ3n) is 3.76. The van der Waals surface area contributed by atoms with Crippen LogP contribution in [0.4, 0.5) is 11.4 Å². The topological polar surface area (TPSA) is 69.7 Å². The zero-order valence-electron chi connectivity index (χ0n) is 14.6. The van der Waals surface area contributed by atoms with Gasteiger partial charge in [0.25, 0.3) is 0 Å². The van der Waals surface area contributed by atoms with E-state index >= 15 is 0 Å². The molecule has 0 aromatic heterocycles. The number of nitrogens with one attached hydrogen (secondary N) is 1. The minimum atomic E-state index is -3.35. The predicted octanol–water partition coefficient (Wildman–Crippen LogP) is 2.06. The molecule has 0 spiro atoms. The van der Waals surface area contributed by atoms with E-state index in [1.54, 1.807) is 0 Å². The molecule has 0 saturated heterocycles. The van der Waals surface area contributed by atoms with Crippen LogP contribution in [0.25, 0.3) is 0 Å². The second-order valence-electron chi connectivity index (χ2n) is 5.57. The first-order chi connectivity index (χ1) is 10.7. The summed E-state index contributed by atoms with van der Waals surface area (Å²) in [6.07, 6.45) is -0.0578. The van der Waals surface area contributed by atoms with Crippen LogP contribution in [-0.4, -0.2) is 51.6 Å². The van der Waals surface area contributed by atoms with Gasteiger partial charge < -0.3 is 10.2 Å². The molecule has 1 N–H and O–H groups in total. The van der Waals surface area contributed by atoms with Crippen LogP contribution in [0, 0.1) is 6.92 Å². The van der Waals surface area contributed by atoms with Gasteiger partial charge in [0.15, 0.2) is 0 Å². The Kier molecular flexibility index (Phi) is 7.02. The van der Waals surface area contributed by atoms with Crippen molar-refractivity contribution in [3.05, 3.63) is 23.8 Å². The highest BCUT2D eigenvalue weighted by Crippen LogP contribution is 2.22. The Morgan fingerprint density at radius 2 is 1.78 bits per heavy atom. The van der Waals surface area contributed by atoms with Crippen LogP contribution >= 0.6 is 0 Å². The van der Waals surface area contributed by atoms with E-state index in [1.165, 1.54) is 14.1 Å². The van der Waals surface area contributed by atoms with Gasteiger partial charge in [0.2, 0.25) is 15.9 Å². The van der Waals surface area contributed by atoms with Gasteiger partial charge in [-0.2, -0.15) is 0 Å². The van der Waals surface area contributed by atoms with Gasteiger partial charge in [0.05, 0.1) is 5.75 Å². The van der Waals surface area contributed by atoms with Crippen molar-refractivity contribution in [3.63, 3.8) is 0 Å². The van der Waals surface area contributed by atoms with E-state index in [4.69, 9.17) is 0 Å². The third kappa shape index (κ3) is 5.51. The second-order valence-corrected chi connectivity index (χ2v) is 7.87. The first-order valence-electron chi connectivity index (χ1n) is 7.76. The van der Waals surface area contributed by atoms with E-state index in [2.05, 4.69) is 24.1 Å². The maximum atomic E-state index is 12.0. The number of rotatable bonds is 8. The third-order valence-corrected chi connectivity index (χ3v) is 5.59. The molecule has 0 bridgehead atoms. The highest BCUT2D eigenvalue weighted by molar-refractivity contribution is 7.89. The van der Waals surface area contributed by atoms with Gasteiger partial charge in [-0.1, -0.05) is 0 Å². The molecule has 7 heteroatoms. The number of aryl methyl sites for hydroxylation is 1. The van der Waals surface area contributed by atoms with Crippen LogP contribution in [0.15, 0.2) is 18.2 Å². The number of hydrogen-bond acceptors (Lipinski definition) is 4. The number of sulfonamides is 1. The maximum absolute atomic E-state index is 12.0. The Balaban J connectivity index is 2.72. The molecule has 0 saturated carbocycles. The predicted molar refractivity (Wildman–Crippen MR) is 95.5 cm³/mol. The van der Waals surface area contributed by atoms with Gasteiger partial charge >= 0.3 is 0 Å². The smallest absolute Gasteiger partial charge is 0.225 e. The molecule has 23 heavy (non-hydrogen) atoms. The van der Waals surface area contributed by atoms with Crippen LogP contribution in [0.2, 0.25) is 0 Å². The zero-order chi connectivity index (χ0) is 17.6. The Morgan fingerprint density at radius 3 is 2.26 bits per heavy atom. The van der Waals surface area contributed by atoms with E-state index in [0.29, 0.717) is 5.69 Å². The van der Waals surface area contributed by atoms with Crippen LogP contribution in [0.1, 0.15) is 25.8 Å². The molecule has 0 aliphatic rings. The van der Waals surface area contributed by atoms with Gasteiger partial charge in [-0.25, -0.2) is 12.7 Å². The molecule has 0 heterocycles. The molecule has 1 aromatic carbocycles. The largest absolute Gasteiger partial charge is 0.372 e. The molecule has 0 fully saturated rings. The standard InChI is InChI=1S/C16H27N3O3S/c1-6-19(7-2)14-8-9-15(13(3)12-14)17-16(20)10-11-23(21,22)18(4)5/h8-9,12H,6-7,10-11H2,1-5H3,(H,17,20). The average molecular weight is 341 g/mol. The van der Waals surface area contributed by atoms with Gasteiger partial charge in [0, 0.05) is 45.0 Å². The number of hydrogen-bond donors (Lipinski definition) is 1. The number of benzene rings is 1. The van der Waals surface area contributed by atoms with Gasteiger partial charge in [-0.05, 0) is 44.5 Å². The fraction of sp³-hybridized carbons (Fsp3) is 0.562. The zero-order valence-corrected chi connectivity index (χ0v) is 15.4. The summed E-state index contributed by atoms with van der Waals surface area (Å²) in [6.45, 7) is 7.96. The lowest BCUT2D eigenvalue weighted by Gasteiger charge is -2.22. The minimum Gasteiger partial charge on any atom is -0.372 e. The summed E-state index contributed by atoms with van der Waals surface area (Å²) in [5.41, 5.74) is 2.78. The van der Waals surface area contributed by atoms with E-state index in [9.17, 15) is 13.2 Å². The molecule has 6 nitrogen and oxygen atoms in total. The van der Waals surface area contributed by atoms with E-state index in [1.807, 2.05) is 25.1 Å². The number of amides is 1. The van der Waals surface area contributed by atoms with Crippen LogP contribution in [0.3, 0.4) is 0 Å². The molecule has 1 rings (SSSR count). The fourth-order valence-electron chi connectivity index (χ4n) is 2.19. The molecular formula is C16H27N3O3S. The second kappa shape index (κ2) is 8.31. The van der Waals surface area contributed by atoms with Crippen molar-refractivity contribution in [1.29, 1.82) is 0 Å². The summed E-state index contributed by atoms with van der Waals surface area (Å²) >= 11 is 0. The Labute approximate surface area is 139 Å². The van der Waals surface area contributed by atoms with Gasteiger partial charge in [-0.15, -0.1) is 0 Å². The maximum Gasteiger partial charge on any atom is 0.225 e. The lowest BCUT2D eigenvalue weighted by molar-refractivity contribution is -0.115. The van der Waals surface area contributed by atoms with Crippen molar-refractivity contribution in [2.75, 3.05) is 43.2 Å². The summed E-state index contributed by atoms with van der Waals surface area (Å²) in [4.78, 5) is 14.2. The van der Waals surface area contributed by atoms with Crippen LogP contribution in [0.5, 0.6) is 0 Å². The first kappa shape index (κ1) is 19.4. The Hall–Kier alpha value is -1.60. The highest BCUT2D eigenvalue weighted by atomic mass is 32.2. The normalized spacial score (nSPS) is 11.6. The van der Waals surface area contributed by atoms with Crippen molar-refractivity contribution >= 4 is 27.3 Å². The van der Waals surface area contributed by atoms with Crippen molar-refractivity contribution in [2.45, 2.75) is 27.2 Å². The summed E-state index contributed by atoms with van der Waals surface area (Å²) < 4.78 is 24.5. The summed E-state index contributed by atoms with van der Waals surface area (Å²) in [7, 11) is -0.431. The van der Waals surface area contributed by atoms with E-state index < -0.39 is 10.0 Å². The molecule has 0 aliphatic heterocycles. The van der Waals surface area contributed by atoms with E-state index in [-0.39, 0.29) is 18.1 Å². The number of carbonyl (C=O) groups is 1. The first-order valence-corrected chi connectivity index (χ1v) is 9.37. The molecule has 0 aliphatic carbocycles. The Morgan fingerprint density at radius 1 is 1.17 bits per heavy atom. The van der Waals surface area contributed by atoms with Gasteiger partial charge in [-0.3, -0.25) is 4.79 Å². The van der Waals surface area contributed by atoms with Crippen molar-refractivity contribution in [2.24, 2.45) is 0 Å². The molecule has 1 amide bonds. The SMILES string of the molecule is CCN(CC)c1ccc(NC(=O)CCS(=O)(=O)N(C)C)c(C)c1. The lowest BCUT2D eigenvalue weighted by atomic mass is 10.1. The number of anilines is 2. The summed E-state index contributed by atoms with van der Waals surface area (Å²) in [5, 5.41) is 2.78. The quantitative estimate of drug-likeness (QED) is 0.786. The van der Waals surface area contributed by atoms with Crippen LogP contribution in [-0.2, 0) is 14.8 Å². The lowest BCUT2D eigenvalue weighted by Crippen LogP contribution is -2.27. The molecule has 130 valence electrons. The average Bonchev–Trinajstić information content (AvgIpc) is 2.49. The molecule has 1 aromatic rings.